The van der Waals surface area contributed by atoms with E-state index in [-0.39, 0.29) is 39.1 Å². The van der Waals surface area contributed by atoms with Crippen molar-refractivity contribution in [3.05, 3.63) is 30.3 Å². The van der Waals surface area contributed by atoms with E-state index >= 15 is 0 Å². The van der Waals surface area contributed by atoms with Gasteiger partial charge in [0.25, 0.3) is 0 Å². The van der Waals surface area contributed by atoms with Gasteiger partial charge in [-0.1, -0.05) is 70.6 Å². The van der Waals surface area contributed by atoms with Crippen molar-refractivity contribution in [2.75, 3.05) is 26.9 Å². The molecule has 1 aromatic rings. The lowest BCUT2D eigenvalue weighted by molar-refractivity contribution is -0.168. The van der Waals surface area contributed by atoms with Gasteiger partial charge in [0.2, 0.25) is 0 Å². The maximum atomic E-state index is 13.3. The zero-order valence-electron chi connectivity index (χ0n) is 29.0. The zero-order chi connectivity index (χ0) is 34.2. The summed E-state index contributed by atoms with van der Waals surface area (Å²) >= 11 is 0. The van der Waals surface area contributed by atoms with Crippen molar-refractivity contribution in [1.29, 1.82) is 0 Å². The van der Waals surface area contributed by atoms with E-state index < -0.39 is 45.5 Å². The lowest BCUT2D eigenvalue weighted by atomic mass is 9.61. The molecule has 3 atom stereocenters. The summed E-state index contributed by atoms with van der Waals surface area (Å²) in [7, 11) is 1.24. The quantitative estimate of drug-likeness (QED) is 0.0729. The van der Waals surface area contributed by atoms with Gasteiger partial charge in [-0.2, -0.15) is 0 Å². The van der Waals surface area contributed by atoms with E-state index in [2.05, 4.69) is 6.92 Å². The van der Waals surface area contributed by atoms with Gasteiger partial charge >= 0.3 is 23.9 Å². The third-order valence-electron chi connectivity index (χ3n) is 8.72. The highest BCUT2D eigenvalue weighted by Crippen LogP contribution is 2.49. The first kappa shape index (κ1) is 39.9. The molecule has 0 aliphatic rings. The van der Waals surface area contributed by atoms with Crippen molar-refractivity contribution >= 4 is 23.9 Å². The maximum Gasteiger partial charge on any atom is 0.311 e. The molecule has 0 bridgehead atoms. The number of carboxylic acids is 1. The Morgan fingerprint density at radius 1 is 0.644 bits per heavy atom. The van der Waals surface area contributed by atoms with Crippen LogP contribution in [0.4, 0.5) is 0 Å². The van der Waals surface area contributed by atoms with Crippen LogP contribution in [-0.4, -0.2) is 55.9 Å². The standard InChI is InChI=1S/C36H58O9/c1-9-11-12-13-14-15-19-22-44-30(39)33(3,4)25-35(6,29(37)38)27-36(7,31(40)42-8)26-34(5,10-2)32(41)45-24-23-43-28-20-17-16-18-21-28/h16-18,20-21H,9-15,19,22-27H2,1-8H3,(H,37,38). The minimum atomic E-state index is -1.51. The second kappa shape index (κ2) is 18.8. The van der Waals surface area contributed by atoms with Gasteiger partial charge in [0.1, 0.15) is 19.0 Å². The topological polar surface area (TPSA) is 125 Å². The zero-order valence-corrected chi connectivity index (χ0v) is 29.0. The molecule has 0 amide bonds. The van der Waals surface area contributed by atoms with Gasteiger partial charge in [-0.3, -0.25) is 19.2 Å². The molecule has 256 valence electrons. The normalized spacial score (nSPS) is 15.6. The number of esters is 3. The third-order valence-corrected chi connectivity index (χ3v) is 8.72. The Morgan fingerprint density at radius 2 is 1.20 bits per heavy atom. The molecule has 9 heteroatoms. The summed E-state index contributed by atoms with van der Waals surface area (Å²) < 4.78 is 21.9. The van der Waals surface area contributed by atoms with Crippen LogP contribution in [0, 0.1) is 21.7 Å². The Morgan fingerprint density at radius 3 is 1.76 bits per heavy atom. The lowest BCUT2D eigenvalue weighted by Crippen LogP contribution is -2.46. The van der Waals surface area contributed by atoms with Crippen LogP contribution in [0.25, 0.3) is 0 Å². The molecular weight excluding hydrogens is 576 g/mol. The monoisotopic (exact) mass is 634 g/mol. The van der Waals surface area contributed by atoms with E-state index in [9.17, 15) is 24.3 Å². The van der Waals surface area contributed by atoms with E-state index in [1.807, 2.05) is 25.1 Å². The van der Waals surface area contributed by atoms with Crippen molar-refractivity contribution < 1.29 is 43.2 Å². The Balaban J connectivity index is 2.97. The lowest BCUT2D eigenvalue weighted by Gasteiger charge is -2.41. The number of carbonyl (C=O) groups is 4. The number of benzene rings is 1. The van der Waals surface area contributed by atoms with Crippen LogP contribution in [0.5, 0.6) is 5.75 Å². The Bertz CT molecular complexity index is 1070. The number of methoxy groups -OCH3 is 1. The molecule has 45 heavy (non-hydrogen) atoms. The smallest absolute Gasteiger partial charge is 0.311 e. The predicted molar refractivity (Wildman–Crippen MR) is 174 cm³/mol. The summed E-state index contributed by atoms with van der Waals surface area (Å²) in [6.45, 7) is 12.6. The molecule has 3 unspecified atom stereocenters. The number of hydrogen-bond donors (Lipinski definition) is 1. The predicted octanol–water partition coefficient (Wildman–Crippen LogP) is 7.79. The molecule has 0 saturated heterocycles. The molecule has 0 aromatic heterocycles. The first-order valence-electron chi connectivity index (χ1n) is 16.4. The maximum absolute atomic E-state index is 13.3. The van der Waals surface area contributed by atoms with Crippen LogP contribution in [0.3, 0.4) is 0 Å². The molecule has 0 aliphatic carbocycles. The highest BCUT2D eigenvalue weighted by molar-refractivity contribution is 5.83. The summed E-state index contributed by atoms with van der Waals surface area (Å²) in [6.07, 6.45) is 7.74. The largest absolute Gasteiger partial charge is 0.490 e. The number of carbonyl (C=O) groups excluding carboxylic acids is 3. The molecule has 1 N–H and O–H groups in total. The number of para-hydroxylation sites is 1. The fraction of sp³-hybridized carbons (Fsp3) is 0.722. The average Bonchev–Trinajstić information content (AvgIpc) is 2.99. The minimum Gasteiger partial charge on any atom is -0.490 e. The van der Waals surface area contributed by atoms with Crippen molar-refractivity contribution in [3.63, 3.8) is 0 Å². The Labute approximate surface area is 270 Å². The first-order chi connectivity index (χ1) is 21.1. The van der Waals surface area contributed by atoms with Crippen molar-refractivity contribution in [2.45, 2.75) is 119 Å². The molecule has 0 saturated carbocycles. The van der Waals surface area contributed by atoms with Gasteiger partial charge in [0.15, 0.2) is 0 Å². The first-order valence-corrected chi connectivity index (χ1v) is 16.4. The molecule has 0 aliphatic heterocycles. The number of unbranched alkanes of at least 4 members (excludes halogenated alkanes) is 6. The van der Waals surface area contributed by atoms with E-state index in [0.29, 0.717) is 12.2 Å². The van der Waals surface area contributed by atoms with E-state index in [0.717, 1.165) is 19.3 Å². The van der Waals surface area contributed by atoms with Gasteiger partial charge in [0.05, 0.1) is 35.4 Å². The fourth-order valence-corrected chi connectivity index (χ4v) is 6.18. The van der Waals surface area contributed by atoms with E-state index in [4.69, 9.17) is 18.9 Å². The molecule has 1 rings (SSSR count). The van der Waals surface area contributed by atoms with Crippen molar-refractivity contribution in [3.8, 4) is 5.75 Å². The Kier molecular flexibility index (Phi) is 16.7. The summed E-state index contributed by atoms with van der Waals surface area (Å²) in [4.78, 5) is 52.5. The molecule has 0 fully saturated rings. The van der Waals surface area contributed by atoms with E-state index in [1.54, 1.807) is 39.8 Å². The van der Waals surface area contributed by atoms with Crippen LogP contribution < -0.4 is 4.74 Å². The summed E-state index contributed by atoms with van der Waals surface area (Å²) in [5.74, 6) is -2.11. The van der Waals surface area contributed by atoms with Crippen molar-refractivity contribution in [2.24, 2.45) is 21.7 Å². The molecule has 0 heterocycles. The van der Waals surface area contributed by atoms with Crippen LogP contribution >= 0.6 is 0 Å². The molecule has 1 aromatic carbocycles. The van der Waals surface area contributed by atoms with Gasteiger partial charge in [-0.15, -0.1) is 0 Å². The third kappa shape index (κ3) is 13.0. The van der Waals surface area contributed by atoms with E-state index in [1.165, 1.54) is 39.7 Å². The van der Waals surface area contributed by atoms with Gasteiger partial charge in [-0.05, 0) is 78.9 Å². The molecular formula is C36H58O9. The number of carboxylic acid groups (broad SMARTS) is 1. The summed E-state index contributed by atoms with van der Waals surface area (Å²) in [5, 5.41) is 10.4. The highest BCUT2D eigenvalue weighted by Gasteiger charge is 2.53. The van der Waals surface area contributed by atoms with Crippen LogP contribution in [-0.2, 0) is 33.4 Å². The fourth-order valence-electron chi connectivity index (χ4n) is 6.18. The minimum absolute atomic E-state index is 0.00640. The molecule has 0 spiro atoms. The van der Waals surface area contributed by atoms with Crippen molar-refractivity contribution in [1.82, 2.24) is 0 Å². The van der Waals surface area contributed by atoms with Gasteiger partial charge in [0, 0.05) is 0 Å². The van der Waals surface area contributed by atoms with Gasteiger partial charge < -0.3 is 24.1 Å². The second-order valence-electron chi connectivity index (χ2n) is 13.8. The van der Waals surface area contributed by atoms with Crippen LogP contribution in [0.2, 0.25) is 0 Å². The Hall–Kier alpha value is -3.10. The number of ether oxygens (including phenoxy) is 4. The summed E-state index contributed by atoms with van der Waals surface area (Å²) in [5.41, 5.74) is -5.12. The average molecular weight is 635 g/mol. The van der Waals surface area contributed by atoms with Gasteiger partial charge in [-0.25, -0.2) is 0 Å². The summed E-state index contributed by atoms with van der Waals surface area (Å²) in [6, 6.07) is 9.16. The number of aliphatic carboxylic acids is 1. The highest BCUT2D eigenvalue weighted by atomic mass is 16.6. The SMILES string of the molecule is CCCCCCCCCOC(=O)C(C)(C)CC(C)(CC(C)(CC(C)(CC)C(=O)OCCOc1ccccc1)C(=O)OC)C(=O)O. The molecule has 9 nitrogen and oxygen atoms in total. The number of hydrogen-bond acceptors (Lipinski definition) is 8. The second-order valence-corrected chi connectivity index (χ2v) is 13.8. The van der Waals surface area contributed by atoms with Crippen LogP contribution in [0.15, 0.2) is 30.3 Å². The number of rotatable bonds is 23. The molecule has 0 radical (unpaired) electrons. The van der Waals surface area contributed by atoms with Crippen LogP contribution in [0.1, 0.15) is 119 Å².